The van der Waals surface area contributed by atoms with Gasteiger partial charge >= 0.3 is 0 Å². The molecule has 0 radical (unpaired) electrons. The Morgan fingerprint density at radius 2 is 1.42 bits per heavy atom. The van der Waals surface area contributed by atoms with Gasteiger partial charge in [-0.05, 0) is 82.5 Å². The molecule has 0 bridgehead atoms. The van der Waals surface area contributed by atoms with Crippen molar-refractivity contribution in [2.45, 2.75) is 103 Å². The molecule has 31 heavy (non-hydrogen) atoms. The van der Waals surface area contributed by atoms with Crippen LogP contribution in [0.4, 0.5) is 0 Å². The van der Waals surface area contributed by atoms with Crippen LogP contribution in [0.3, 0.4) is 0 Å². The summed E-state index contributed by atoms with van der Waals surface area (Å²) in [5.41, 5.74) is -0.119. The third-order valence-electron chi connectivity index (χ3n) is 9.22. The third-order valence-corrected chi connectivity index (χ3v) is 9.22. The quantitative estimate of drug-likeness (QED) is 0.650. The van der Waals surface area contributed by atoms with Gasteiger partial charge in [0.1, 0.15) is 0 Å². The maximum atomic E-state index is 13.2. The van der Waals surface area contributed by atoms with Gasteiger partial charge in [0, 0.05) is 37.5 Å². The molecule has 2 atom stereocenters. The topological polar surface area (TPSA) is 49.9 Å². The van der Waals surface area contributed by atoms with E-state index in [0.717, 1.165) is 63.7 Å². The van der Waals surface area contributed by atoms with Crippen molar-refractivity contribution in [1.29, 1.82) is 0 Å². The Hall–Kier alpha value is -1.10. The van der Waals surface area contributed by atoms with Crippen molar-refractivity contribution in [1.82, 2.24) is 9.80 Å². The molecular formula is C26H42N2O3. The maximum Gasteiger partial charge on any atom is 0.228 e. The molecule has 0 aromatic rings. The highest BCUT2D eigenvalue weighted by atomic mass is 16.5. The summed E-state index contributed by atoms with van der Waals surface area (Å²) in [5, 5.41) is 0. The number of ether oxygens (including phenoxy) is 1. The van der Waals surface area contributed by atoms with Gasteiger partial charge in [-0.15, -0.1) is 0 Å². The highest BCUT2D eigenvalue weighted by molar-refractivity contribution is 5.84. The summed E-state index contributed by atoms with van der Waals surface area (Å²) in [6.07, 6.45) is 16.6. The molecule has 2 amide bonds. The van der Waals surface area contributed by atoms with Crippen LogP contribution in [-0.2, 0) is 14.3 Å². The van der Waals surface area contributed by atoms with Crippen LogP contribution < -0.4 is 0 Å². The van der Waals surface area contributed by atoms with Crippen LogP contribution in [0, 0.1) is 23.2 Å². The number of carbonyl (C=O) groups is 2. The molecule has 5 aliphatic rings. The largest absolute Gasteiger partial charge is 0.375 e. The zero-order valence-electron chi connectivity index (χ0n) is 19.5. The summed E-state index contributed by atoms with van der Waals surface area (Å²) in [4.78, 5) is 30.0. The molecule has 5 fully saturated rings. The second kappa shape index (κ2) is 9.03. The normalized spacial score (nSPS) is 36.0. The Bertz CT molecular complexity index is 656. The number of amides is 2. The molecule has 5 rings (SSSR count). The molecule has 0 aromatic carbocycles. The van der Waals surface area contributed by atoms with Crippen molar-refractivity contribution in [3.8, 4) is 0 Å². The van der Waals surface area contributed by atoms with Crippen molar-refractivity contribution in [3.05, 3.63) is 0 Å². The maximum absolute atomic E-state index is 13.2. The van der Waals surface area contributed by atoms with Gasteiger partial charge in [-0.2, -0.15) is 0 Å². The third kappa shape index (κ3) is 4.82. The van der Waals surface area contributed by atoms with Crippen LogP contribution in [-0.4, -0.2) is 60.0 Å². The van der Waals surface area contributed by atoms with Gasteiger partial charge in [-0.3, -0.25) is 9.59 Å². The lowest BCUT2D eigenvalue weighted by molar-refractivity contribution is -0.151. The van der Waals surface area contributed by atoms with E-state index in [1.54, 1.807) is 0 Å². The Morgan fingerprint density at radius 3 is 2.03 bits per heavy atom. The van der Waals surface area contributed by atoms with E-state index in [2.05, 4.69) is 11.8 Å². The molecule has 0 spiro atoms. The average Bonchev–Trinajstić information content (AvgIpc) is 3.61. The summed E-state index contributed by atoms with van der Waals surface area (Å²) in [7, 11) is 0. The molecule has 1 heterocycles. The minimum atomic E-state index is -0.119. The number of hydrogen-bond donors (Lipinski definition) is 0. The molecular weight excluding hydrogens is 388 g/mol. The first-order valence-corrected chi connectivity index (χ1v) is 13.3. The molecule has 174 valence electrons. The van der Waals surface area contributed by atoms with E-state index in [0.29, 0.717) is 24.0 Å². The first kappa shape index (κ1) is 21.7. The molecule has 1 saturated heterocycles. The van der Waals surface area contributed by atoms with Crippen molar-refractivity contribution in [2.75, 3.05) is 26.2 Å². The van der Waals surface area contributed by atoms with E-state index >= 15 is 0 Å². The van der Waals surface area contributed by atoms with Crippen molar-refractivity contribution in [3.63, 3.8) is 0 Å². The predicted octanol–water partition coefficient (Wildman–Crippen LogP) is 4.39. The fourth-order valence-corrected chi connectivity index (χ4v) is 6.74. The van der Waals surface area contributed by atoms with Crippen LogP contribution >= 0.6 is 0 Å². The summed E-state index contributed by atoms with van der Waals surface area (Å²) < 4.78 is 6.23. The molecule has 5 heteroatoms. The molecule has 5 nitrogen and oxygen atoms in total. The van der Waals surface area contributed by atoms with Crippen molar-refractivity contribution >= 4 is 11.8 Å². The number of nitrogens with zero attached hydrogens (tertiary/aromatic N) is 2. The van der Waals surface area contributed by atoms with Gasteiger partial charge in [-0.1, -0.05) is 19.8 Å². The van der Waals surface area contributed by atoms with Crippen molar-refractivity contribution in [2.24, 2.45) is 23.2 Å². The smallest absolute Gasteiger partial charge is 0.228 e. The van der Waals surface area contributed by atoms with Gasteiger partial charge < -0.3 is 14.5 Å². The molecule has 0 aromatic heterocycles. The summed E-state index contributed by atoms with van der Waals surface area (Å²) >= 11 is 0. The predicted molar refractivity (Wildman–Crippen MR) is 120 cm³/mol. The molecule has 4 saturated carbocycles. The summed E-state index contributed by atoms with van der Waals surface area (Å²) in [6, 6.07) is 0. The van der Waals surface area contributed by atoms with Gasteiger partial charge in [-0.25, -0.2) is 0 Å². The summed E-state index contributed by atoms with van der Waals surface area (Å²) in [6.45, 7) is 5.01. The SMILES string of the molecule is CC1(C(=O)N2CCN(C(=O)C3CCC(C4CCCC(OC5CC5)C4)CC3)CC2)CCC1. The van der Waals surface area contributed by atoms with E-state index in [4.69, 9.17) is 4.74 Å². The Balaban J connectivity index is 1.05. The van der Waals surface area contributed by atoms with E-state index in [9.17, 15) is 9.59 Å². The lowest BCUT2D eigenvalue weighted by Crippen LogP contribution is -2.56. The highest BCUT2D eigenvalue weighted by Crippen LogP contribution is 2.43. The first-order valence-electron chi connectivity index (χ1n) is 13.3. The van der Waals surface area contributed by atoms with Crippen LogP contribution in [0.15, 0.2) is 0 Å². The zero-order chi connectivity index (χ0) is 21.4. The minimum absolute atomic E-state index is 0.119. The standard InChI is InChI=1S/C26H42N2O3/c1-26(12-3-13-26)25(30)28-16-14-27(15-17-28)24(29)20-8-6-19(7-9-20)21-4-2-5-23(18-21)31-22-10-11-22/h19-23H,2-18H2,1H3. The lowest BCUT2D eigenvalue weighted by atomic mass is 9.69. The fourth-order valence-electron chi connectivity index (χ4n) is 6.74. The number of piperazine rings is 1. The second-order valence-corrected chi connectivity index (χ2v) is 11.5. The van der Waals surface area contributed by atoms with Gasteiger partial charge in [0.2, 0.25) is 11.8 Å². The molecule has 0 N–H and O–H groups in total. The van der Waals surface area contributed by atoms with E-state index in [1.807, 2.05) is 4.90 Å². The van der Waals surface area contributed by atoms with Gasteiger partial charge in [0.05, 0.1) is 12.2 Å². The molecule has 4 aliphatic carbocycles. The Labute approximate surface area is 188 Å². The molecule has 1 aliphatic heterocycles. The lowest BCUT2D eigenvalue weighted by Gasteiger charge is -2.44. The fraction of sp³-hybridized carbons (Fsp3) is 0.923. The number of carbonyl (C=O) groups excluding carboxylic acids is 2. The monoisotopic (exact) mass is 430 g/mol. The van der Waals surface area contributed by atoms with Crippen LogP contribution in [0.2, 0.25) is 0 Å². The van der Waals surface area contributed by atoms with E-state index in [-0.39, 0.29) is 11.3 Å². The van der Waals surface area contributed by atoms with E-state index in [1.165, 1.54) is 57.8 Å². The van der Waals surface area contributed by atoms with Gasteiger partial charge in [0.15, 0.2) is 0 Å². The first-order chi connectivity index (χ1) is 15.0. The Kier molecular flexibility index (Phi) is 6.33. The minimum Gasteiger partial charge on any atom is -0.375 e. The van der Waals surface area contributed by atoms with Crippen LogP contribution in [0.1, 0.15) is 90.4 Å². The number of rotatable bonds is 5. The Morgan fingerprint density at radius 1 is 0.742 bits per heavy atom. The van der Waals surface area contributed by atoms with Crippen molar-refractivity contribution < 1.29 is 14.3 Å². The molecule has 2 unspecified atom stereocenters. The summed E-state index contributed by atoms with van der Waals surface area (Å²) in [5.74, 6) is 2.51. The van der Waals surface area contributed by atoms with Gasteiger partial charge in [0.25, 0.3) is 0 Å². The number of hydrogen-bond acceptors (Lipinski definition) is 3. The average molecular weight is 431 g/mol. The van der Waals surface area contributed by atoms with Crippen LogP contribution in [0.5, 0.6) is 0 Å². The second-order valence-electron chi connectivity index (χ2n) is 11.5. The van der Waals surface area contributed by atoms with E-state index < -0.39 is 0 Å². The highest BCUT2D eigenvalue weighted by Gasteiger charge is 2.43. The zero-order valence-corrected chi connectivity index (χ0v) is 19.5. The van der Waals surface area contributed by atoms with Crippen LogP contribution in [0.25, 0.3) is 0 Å².